The van der Waals surface area contributed by atoms with Gasteiger partial charge in [-0.1, -0.05) is 23.7 Å². The number of carbonyl (C=O) groups is 1. The average Bonchev–Trinajstić information content (AvgIpc) is 2.56. The molecule has 3 rings (SSSR count). The Hall–Kier alpha value is -2.46. The van der Waals surface area contributed by atoms with Gasteiger partial charge in [-0.25, -0.2) is 4.98 Å². The summed E-state index contributed by atoms with van der Waals surface area (Å²) in [5, 5.41) is 5.42. The number of rotatable bonds is 4. The van der Waals surface area contributed by atoms with E-state index in [0.29, 0.717) is 18.7 Å². The van der Waals surface area contributed by atoms with Gasteiger partial charge in [-0.05, 0) is 48.1 Å². The lowest BCUT2D eigenvalue weighted by Gasteiger charge is -2.08. The number of amides is 1. The molecule has 1 amide bonds. The topological polar surface area (TPSA) is 54.9 Å². The van der Waals surface area contributed by atoms with Gasteiger partial charge in [0.15, 0.2) is 0 Å². The van der Waals surface area contributed by atoms with Crippen LogP contribution in [-0.4, -0.2) is 15.9 Å². The van der Waals surface area contributed by atoms with Gasteiger partial charge in [0.2, 0.25) is 5.91 Å². The van der Waals surface area contributed by atoms with Gasteiger partial charge in [-0.15, -0.1) is 0 Å². The minimum Gasteiger partial charge on any atom is -0.310 e. The number of benzene rings is 1. The first kappa shape index (κ1) is 15.4. The Morgan fingerprint density at radius 3 is 2.87 bits per heavy atom. The first-order valence-electron chi connectivity index (χ1n) is 7.37. The molecule has 23 heavy (non-hydrogen) atoms. The summed E-state index contributed by atoms with van der Waals surface area (Å²) in [6.07, 6.45) is 6.11. The second kappa shape index (κ2) is 6.75. The number of halogens is 1. The molecule has 0 bridgehead atoms. The predicted molar refractivity (Wildman–Crippen MR) is 92.7 cm³/mol. The molecule has 0 aliphatic heterocycles. The van der Waals surface area contributed by atoms with E-state index in [9.17, 15) is 4.79 Å². The van der Waals surface area contributed by atoms with Crippen molar-refractivity contribution in [2.75, 3.05) is 5.32 Å². The van der Waals surface area contributed by atoms with E-state index in [1.807, 2.05) is 37.3 Å². The third-order valence-corrected chi connectivity index (χ3v) is 4.11. The molecule has 0 saturated heterocycles. The van der Waals surface area contributed by atoms with Crippen molar-refractivity contribution in [3.63, 3.8) is 0 Å². The van der Waals surface area contributed by atoms with E-state index in [1.54, 1.807) is 18.6 Å². The Bertz CT molecular complexity index is 859. The molecule has 0 saturated carbocycles. The highest BCUT2D eigenvalue weighted by molar-refractivity contribution is 6.31. The standard InChI is InChI=1S/C18H16ClN3O/c1-12-2-3-13(10-16(12)19)4-5-17(23)22-18-15-11-20-8-6-14(15)7-9-21-18/h2-3,6-11H,4-5H2,1H3,(H,21,22,23). The number of aryl methyl sites for hydroxylation is 2. The van der Waals surface area contributed by atoms with Crippen molar-refractivity contribution < 1.29 is 4.79 Å². The molecule has 2 aromatic heterocycles. The number of pyridine rings is 2. The highest BCUT2D eigenvalue weighted by Gasteiger charge is 2.08. The number of hydrogen-bond donors (Lipinski definition) is 1. The number of anilines is 1. The van der Waals surface area contributed by atoms with Crippen LogP contribution in [-0.2, 0) is 11.2 Å². The molecule has 1 aromatic carbocycles. The summed E-state index contributed by atoms with van der Waals surface area (Å²) < 4.78 is 0. The van der Waals surface area contributed by atoms with Gasteiger partial charge < -0.3 is 5.32 Å². The fourth-order valence-electron chi connectivity index (χ4n) is 2.35. The number of aromatic nitrogens is 2. The highest BCUT2D eigenvalue weighted by Crippen LogP contribution is 2.20. The van der Waals surface area contributed by atoms with E-state index in [0.717, 1.165) is 26.9 Å². The van der Waals surface area contributed by atoms with Gasteiger partial charge in [0.25, 0.3) is 0 Å². The predicted octanol–water partition coefficient (Wildman–Crippen LogP) is 4.16. The van der Waals surface area contributed by atoms with Crippen molar-refractivity contribution in [1.82, 2.24) is 9.97 Å². The SMILES string of the molecule is Cc1ccc(CCC(=O)Nc2nccc3ccncc23)cc1Cl. The molecule has 2 heterocycles. The normalized spacial score (nSPS) is 10.7. The van der Waals surface area contributed by atoms with Crippen molar-refractivity contribution >= 4 is 34.1 Å². The van der Waals surface area contributed by atoms with Gasteiger partial charge >= 0.3 is 0 Å². The Labute approximate surface area is 139 Å². The molecule has 0 atom stereocenters. The number of fused-ring (bicyclic) bond motifs is 1. The van der Waals surface area contributed by atoms with E-state index < -0.39 is 0 Å². The van der Waals surface area contributed by atoms with Crippen LogP contribution in [0.25, 0.3) is 10.8 Å². The van der Waals surface area contributed by atoms with Gasteiger partial charge in [-0.2, -0.15) is 0 Å². The third kappa shape index (κ3) is 3.66. The monoisotopic (exact) mass is 325 g/mol. The molecule has 5 heteroatoms. The fraction of sp³-hybridized carbons (Fsp3) is 0.167. The lowest BCUT2D eigenvalue weighted by molar-refractivity contribution is -0.116. The molecule has 0 aliphatic carbocycles. The fourth-order valence-corrected chi connectivity index (χ4v) is 2.56. The van der Waals surface area contributed by atoms with Crippen LogP contribution in [0.3, 0.4) is 0 Å². The van der Waals surface area contributed by atoms with Crippen LogP contribution in [0.5, 0.6) is 0 Å². The van der Waals surface area contributed by atoms with E-state index in [2.05, 4.69) is 15.3 Å². The van der Waals surface area contributed by atoms with Gasteiger partial charge in [0, 0.05) is 35.4 Å². The lowest BCUT2D eigenvalue weighted by Crippen LogP contribution is -2.13. The second-order valence-electron chi connectivity index (χ2n) is 5.39. The molecule has 0 spiro atoms. The van der Waals surface area contributed by atoms with Crippen molar-refractivity contribution in [2.45, 2.75) is 19.8 Å². The zero-order valence-electron chi connectivity index (χ0n) is 12.7. The summed E-state index contributed by atoms with van der Waals surface area (Å²) >= 11 is 6.11. The molecular weight excluding hydrogens is 310 g/mol. The molecule has 0 unspecified atom stereocenters. The van der Waals surface area contributed by atoms with Crippen LogP contribution in [0.15, 0.2) is 48.9 Å². The molecule has 1 N–H and O–H groups in total. The third-order valence-electron chi connectivity index (χ3n) is 3.70. The Balaban J connectivity index is 1.68. The summed E-state index contributed by atoms with van der Waals surface area (Å²) in [4.78, 5) is 20.5. The van der Waals surface area contributed by atoms with Gasteiger partial charge in [0.05, 0.1) is 0 Å². The van der Waals surface area contributed by atoms with Crippen LogP contribution >= 0.6 is 11.6 Å². The first-order chi connectivity index (χ1) is 11.1. The number of carbonyl (C=O) groups excluding carboxylic acids is 1. The van der Waals surface area contributed by atoms with E-state index in [1.165, 1.54) is 0 Å². The second-order valence-corrected chi connectivity index (χ2v) is 5.80. The summed E-state index contributed by atoms with van der Waals surface area (Å²) in [7, 11) is 0. The van der Waals surface area contributed by atoms with Gasteiger partial charge in [-0.3, -0.25) is 9.78 Å². The Morgan fingerprint density at radius 2 is 2.04 bits per heavy atom. The molecule has 0 fully saturated rings. The number of nitrogens with one attached hydrogen (secondary N) is 1. The maximum Gasteiger partial charge on any atom is 0.225 e. The minimum absolute atomic E-state index is 0.0782. The summed E-state index contributed by atoms with van der Waals surface area (Å²) in [6.45, 7) is 1.96. The zero-order valence-corrected chi connectivity index (χ0v) is 13.5. The maximum absolute atomic E-state index is 12.2. The highest BCUT2D eigenvalue weighted by atomic mass is 35.5. The van der Waals surface area contributed by atoms with Crippen molar-refractivity contribution in [3.05, 3.63) is 65.1 Å². The lowest BCUT2D eigenvalue weighted by atomic mass is 10.1. The largest absolute Gasteiger partial charge is 0.310 e. The van der Waals surface area contributed by atoms with Crippen LogP contribution in [0, 0.1) is 6.92 Å². The van der Waals surface area contributed by atoms with E-state index >= 15 is 0 Å². The summed E-state index contributed by atoms with van der Waals surface area (Å²) in [6, 6.07) is 9.65. The Kier molecular flexibility index (Phi) is 4.53. The first-order valence-corrected chi connectivity index (χ1v) is 7.75. The molecular formula is C18H16ClN3O. The average molecular weight is 326 g/mol. The molecule has 116 valence electrons. The van der Waals surface area contributed by atoms with Crippen molar-refractivity contribution in [1.29, 1.82) is 0 Å². The van der Waals surface area contributed by atoms with Crippen LogP contribution in [0.2, 0.25) is 5.02 Å². The Morgan fingerprint density at radius 1 is 1.22 bits per heavy atom. The van der Waals surface area contributed by atoms with Crippen molar-refractivity contribution in [2.24, 2.45) is 0 Å². The molecule has 3 aromatic rings. The molecule has 0 aliphatic rings. The van der Waals surface area contributed by atoms with Crippen molar-refractivity contribution in [3.8, 4) is 0 Å². The number of nitrogens with zero attached hydrogens (tertiary/aromatic N) is 2. The van der Waals surface area contributed by atoms with Crippen LogP contribution in [0.1, 0.15) is 17.5 Å². The molecule has 4 nitrogen and oxygen atoms in total. The zero-order chi connectivity index (χ0) is 16.2. The van der Waals surface area contributed by atoms with E-state index in [4.69, 9.17) is 11.6 Å². The van der Waals surface area contributed by atoms with Crippen LogP contribution < -0.4 is 5.32 Å². The van der Waals surface area contributed by atoms with E-state index in [-0.39, 0.29) is 5.91 Å². The molecule has 0 radical (unpaired) electrons. The number of hydrogen-bond acceptors (Lipinski definition) is 3. The quantitative estimate of drug-likeness (QED) is 0.783. The summed E-state index contributed by atoms with van der Waals surface area (Å²) in [5.41, 5.74) is 2.08. The van der Waals surface area contributed by atoms with Gasteiger partial charge in [0.1, 0.15) is 5.82 Å². The smallest absolute Gasteiger partial charge is 0.225 e. The maximum atomic E-state index is 12.2. The summed E-state index contributed by atoms with van der Waals surface area (Å²) in [5.74, 6) is 0.466. The minimum atomic E-state index is -0.0782. The van der Waals surface area contributed by atoms with Crippen LogP contribution in [0.4, 0.5) is 5.82 Å².